The number of benzene rings is 1. The van der Waals surface area contributed by atoms with E-state index in [4.69, 9.17) is 10.5 Å². The summed E-state index contributed by atoms with van der Waals surface area (Å²) in [6.45, 7) is 3.57. The summed E-state index contributed by atoms with van der Waals surface area (Å²) in [4.78, 5) is 10.8. The minimum Gasteiger partial charge on any atom is -0.427 e. The van der Waals surface area contributed by atoms with Crippen molar-refractivity contribution in [1.29, 1.82) is 0 Å². The van der Waals surface area contributed by atoms with Gasteiger partial charge in [0.15, 0.2) is 0 Å². The topological polar surface area (TPSA) is 52.3 Å². The monoisotopic (exact) mass is 271 g/mol. The van der Waals surface area contributed by atoms with Gasteiger partial charge in [0.2, 0.25) is 0 Å². The second kappa shape index (κ2) is 8.95. The minimum absolute atomic E-state index is 0. The second-order valence-corrected chi connectivity index (χ2v) is 4.26. The molecule has 1 atom stereocenters. The first-order valence-electron chi connectivity index (χ1n) is 6.17. The molecule has 0 bridgehead atoms. The zero-order chi connectivity index (χ0) is 12.7. The fourth-order valence-electron chi connectivity index (χ4n) is 1.73. The maximum Gasteiger partial charge on any atom is 0.308 e. The van der Waals surface area contributed by atoms with Gasteiger partial charge in [0.1, 0.15) is 5.75 Å². The number of rotatable bonds is 6. The van der Waals surface area contributed by atoms with Crippen LogP contribution in [0.3, 0.4) is 0 Å². The van der Waals surface area contributed by atoms with Crippen LogP contribution < -0.4 is 10.5 Å². The Morgan fingerprint density at radius 3 is 2.39 bits per heavy atom. The highest BCUT2D eigenvalue weighted by Crippen LogP contribution is 2.20. The number of ether oxygens (including phenoxy) is 1. The van der Waals surface area contributed by atoms with E-state index >= 15 is 0 Å². The maximum absolute atomic E-state index is 10.8. The van der Waals surface area contributed by atoms with Crippen molar-refractivity contribution >= 4 is 18.4 Å². The van der Waals surface area contributed by atoms with Crippen LogP contribution in [0.4, 0.5) is 0 Å². The molecule has 0 spiro atoms. The van der Waals surface area contributed by atoms with Crippen LogP contribution in [0.1, 0.15) is 51.1 Å². The van der Waals surface area contributed by atoms with Crippen LogP contribution in [-0.4, -0.2) is 5.97 Å². The molecule has 0 radical (unpaired) electrons. The maximum atomic E-state index is 10.8. The van der Waals surface area contributed by atoms with Gasteiger partial charge in [0, 0.05) is 13.0 Å². The van der Waals surface area contributed by atoms with Gasteiger partial charge in [-0.3, -0.25) is 4.79 Å². The summed E-state index contributed by atoms with van der Waals surface area (Å²) in [5.41, 5.74) is 7.17. The number of hydrogen-bond acceptors (Lipinski definition) is 3. The Bertz CT molecular complexity index is 351. The number of esters is 1. The smallest absolute Gasteiger partial charge is 0.308 e. The molecule has 0 heterocycles. The number of carbonyl (C=O) groups is 1. The van der Waals surface area contributed by atoms with Crippen LogP contribution in [0.25, 0.3) is 0 Å². The second-order valence-electron chi connectivity index (χ2n) is 4.26. The van der Waals surface area contributed by atoms with Gasteiger partial charge in [-0.1, -0.05) is 38.3 Å². The molecule has 1 aromatic rings. The van der Waals surface area contributed by atoms with E-state index in [1.807, 2.05) is 12.1 Å². The summed E-state index contributed by atoms with van der Waals surface area (Å²) in [5, 5.41) is 0. The van der Waals surface area contributed by atoms with Crippen molar-refractivity contribution in [2.45, 2.75) is 45.6 Å². The van der Waals surface area contributed by atoms with Gasteiger partial charge >= 0.3 is 5.97 Å². The van der Waals surface area contributed by atoms with Gasteiger partial charge in [-0.05, 0) is 24.1 Å². The lowest BCUT2D eigenvalue weighted by Gasteiger charge is -2.12. The first-order chi connectivity index (χ1) is 8.13. The molecule has 0 saturated carbocycles. The zero-order valence-electron chi connectivity index (χ0n) is 11.0. The molecule has 1 rings (SSSR count). The van der Waals surface area contributed by atoms with E-state index in [0.717, 1.165) is 18.4 Å². The lowest BCUT2D eigenvalue weighted by Crippen LogP contribution is -2.10. The average Bonchev–Trinajstić information content (AvgIpc) is 2.29. The van der Waals surface area contributed by atoms with Gasteiger partial charge in [-0.2, -0.15) is 0 Å². The van der Waals surface area contributed by atoms with Crippen molar-refractivity contribution in [2.24, 2.45) is 5.73 Å². The molecular weight excluding hydrogens is 250 g/mol. The molecule has 0 saturated heterocycles. The highest BCUT2D eigenvalue weighted by Gasteiger charge is 2.06. The molecule has 18 heavy (non-hydrogen) atoms. The van der Waals surface area contributed by atoms with Crippen molar-refractivity contribution < 1.29 is 9.53 Å². The average molecular weight is 272 g/mol. The lowest BCUT2D eigenvalue weighted by molar-refractivity contribution is -0.131. The van der Waals surface area contributed by atoms with Gasteiger partial charge in [-0.25, -0.2) is 0 Å². The normalized spacial score (nSPS) is 11.5. The standard InChI is InChI=1S/C14H21NO2.ClH/c1-3-4-5-6-14(15)12-7-9-13(10-8-12)17-11(2)16;/h7-10,14H,3-6,15H2,1-2H3;1H/t14-;/m1./s1. The van der Waals surface area contributed by atoms with Crippen molar-refractivity contribution in [3.63, 3.8) is 0 Å². The van der Waals surface area contributed by atoms with Crippen molar-refractivity contribution in [1.82, 2.24) is 0 Å². The van der Waals surface area contributed by atoms with Gasteiger partial charge in [-0.15, -0.1) is 12.4 Å². The summed E-state index contributed by atoms with van der Waals surface area (Å²) in [7, 11) is 0. The summed E-state index contributed by atoms with van der Waals surface area (Å²) in [6, 6.07) is 7.50. The van der Waals surface area contributed by atoms with Crippen molar-refractivity contribution in [3.8, 4) is 5.75 Å². The molecular formula is C14H22ClNO2. The van der Waals surface area contributed by atoms with Crippen LogP contribution in [0.15, 0.2) is 24.3 Å². The molecule has 0 fully saturated rings. The summed E-state index contributed by atoms with van der Waals surface area (Å²) >= 11 is 0. The van der Waals surface area contributed by atoms with E-state index in [0.29, 0.717) is 5.75 Å². The Morgan fingerprint density at radius 1 is 1.28 bits per heavy atom. The van der Waals surface area contributed by atoms with Gasteiger partial charge < -0.3 is 10.5 Å². The van der Waals surface area contributed by atoms with Crippen molar-refractivity contribution in [3.05, 3.63) is 29.8 Å². The number of unbranched alkanes of at least 4 members (excludes halogenated alkanes) is 2. The predicted octanol–water partition coefficient (Wildman–Crippen LogP) is 3.61. The van der Waals surface area contributed by atoms with Gasteiger partial charge in [0.05, 0.1) is 0 Å². The largest absolute Gasteiger partial charge is 0.427 e. The zero-order valence-corrected chi connectivity index (χ0v) is 11.8. The highest BCUT2D eigenvalue weighted by atomic mass is 35.5. The third kappa shape index (κ3) is 6.03. The highest BCUT2D eigenvalue weighted by molar-refractivity contribution is 5.85. The molecule has 0 aliphatic heterocycles. The third-order valence-corrected chi connectivity index (χ3v) is 2.69. The first-order valence-corrected chi connectivity index (χ1v) is 6.17. The number of nitrogens with two attached hydrogens (primary N) is 1. The molecule has 3 nitrogen and oxygen atoms in total. The van der Waals surface area contributed by atoms with E-state index in [-0.39, 0.29) is 24.4 Å². The SMILES string of the molecule is CCCCC[C@@H](N)c1ccc(OC(C)=O)cc1.Cl. The van der Waals surface area contributed by atoms with Crippen LogP contribution in [0.5, 0.6) is 5.75 Å². The lowest BCUT2D eigenvalue weighted by atomic mass is 10.0. The molecule has 4 heteroatoms. The van der Waals surface area contributed by atoms with E-state index in [1.165, 1.54) is 19.8 Å². The number of hydrogen-bond donors (Lipinski definition) is 1. The molecule has 102 valence electrons. The van der Waals surface area contributed by atoms with Crippen LogP contribution in [-0.2, 0) is 4.79 Å². The summed E-state index contributed by atoms with van der Waals surface area (Å²) < 4.78 is 4.97. The fourth-order valence-corrected chi connectivity index (χ4v) is 1.73. The van der Waals surface area contributed by atoms with Gasteiger partial charge in [0.25, 0.3) is 0 Å². The third-order valence-electron chi connectivity index (χ3n) is 2.69. The van der Waals surface area contributed by atoms with Crippen molar-refractivity contribution in [2.75, 3.05) is 0 Å². The van der Waals surface area contributed by atoms with E-state index < -0.39 is 0 Å². The molecule has 0 aliphatic rings. The quantitative estimate of drug-likeness (QED) is 0.488. The van der Waals surface area contributed by atoms with Crippen LogP contribution in [0, 0.1) is 0 Å². The minimum atomic E-state index is -0.301. The Morgan fingerprint density at radius 2 is 1.89 bits per heavy atom. The molecule has 0 amide bonds. The predicted molar refractivity (Wildman–Crippen MR) is 76.1 cm³/mol. The Kier molecular flexibility index (Phi) is 8.42. The number of carbonyl (C=O) groups excluding carboxylic acids is 1. The van der Waals surface area contributed by atoms with Crippen LogP contribution >= 0.6 is 12.4 Å². The molecule has 0 aliphatic carbocycles. The van der Waals surface area contributed by atoms with Crippen LogP contribution in [0.2, 0.25) is 0 Å². The van der Waals surface area contributed by atoms with E-state index in [9.17, 15) is 4.79 Å². The summed E-state index contributed by atoms with van der Waals surface area (Å²) in [6.07, 6.45) is 4.58. The molecule has 2 N–H and O–H groups in total. The van der Waals surface area contributed by atoms with E-state index in [1.54, 1.807) is 12.1 Å². The fraction of sp³-hybridized carbons (Fsp3) is 0.500. The summed E-state index contributed by atoms with van der Waals surface area (Å²) in [5.74, 6) is 0.270. The number of halogens is 1. The molecule has 0 aromatic heterocycles. The Labute approximate surface area is 115 Å². The molecule has 0 unspecified atom stereocenters. The Balaban J connectivity index is 0.00000289. The first kappa shape index (κ1) is 16.9. The Hall–Kier alpha value is -1.06. The van der Waals surface area contributed by atoms with E-state index in [2.05, 4.69) is 6.92 Å². The molecule has 1 aromatic carbocycles.